The number of carbonyl (C=O) groups excluding carboxylic acids is 3. The van der Waals surface area contributed by atoms with Crippen molar-refractivity contribution < 1.29 is 14.4 Å². The van der Waals surface area contributed by atoms with Crippen LogP contribution in [0.5, 0.6) is 0 Å². The average molecular weight is 330 g/mol. The van der Waals surface area contributed by atoms with Gasteiger partial charge in [0.15, 0.2) is 0 Å². The molecule has 7 nitrogen and oxygen atoms in total. The Kier molecular flexibility index (Phi) is 6.51. The molecule has 0 unspecified atom stereocenters. The zero-order valence-electron chi connectivity index (χ0n) is 13.4. The molecule has 1 aliphatic rings. The first-order valence-corrected chi connectivity index (χ1v) is 7.84. The summed E-state index contributed by atoms with van der Waals surface area (Å²) in [5.41, 5.74) is 6.08. The SMILES string of the molecule is NC(=O)CNC(=O)C[C@@H]1C(=O)NCCN1C/C=C/c1ccccc1. The van der Waals surface area contributed by atoms with Gasteiger partial charge in [-0.15, -0.1) is 0 Å². The number of rotatable bonds is 7. The summed E-state index contributed by atoms with van der Waals surface area (Å²) in [6.45, 7) is 1.56. The van der Waals surface area contributed by atoms with E-state index in [0.29, 0.717) is 19.6 Å². The third-order valence-corrected chi connectivity index (χ3v) is 3.73. The van der Waals surface area contributed by atoms with Crippen LogP contribution in [0.25, 0.3) is 6.08 Å². The van der Waals surface area contributed by atoms with E-state index >= 15 is 0 Å². The summed E-state index contributed by atoms with van der Waals surface area (Å²) in [6.07, 6.45) is 3.96. The normalized spacial score (nSPS) is 18.3. The number of hydrogen-bond acceptors (Lipinski definition) is 4. The van der Waals surface area contributed by atoms with Crippen LogP contribution in [0, 0.1) is 0 Å². The standard InChI is InChI=1S/C17H22N4O3/c18-15(22)12-20-16(23)11-14-17(24)19-8-10-21(14)9-4-7-13-5-2-1-3-6-13/h1-7,14H,8-12H2,(H2,18,22)(H,19,24)(H,20,23)/b7-4+/t14-/m1/s1. The van der Waals surface area contributed by atoms with Crippen molar-refractivity contribution in [3.05, 3.63) is 42.0 Å². The van der Waals surface area contributed by atoms with Crippen LogP contribution in [-0.2, 0) is 14.4 Å². The Morgan fingerprint density at radius 2 is 2.08 bits per heavy atom. The molecule has 0 saturated carbocycles. The fourth-order valence-electron chi connectivity index (χ4n) is 2.52. The zero-order valence-corrected chi connectivity index (χ0v) is 13.4. The lowest BCUT2D eigenvalue weighted by atomic mass is 10.1. The first-order valence-electron chi connectivity index (χ1n) is 7.84. The summed E-state index contributed by atoms with van der Waals surface area (Å²) in [7, 11) is 0. The van der Waals surface area contributed by atoms with Gasteiger partial charge in [-0.3, -0.25) is 19.3 Å². The molecule has 1 heterocycles. The van der Waals surface area contributed by atoms with Crippen molar-refractivity contribution in [1.82, 2.24) is 15.5 Å². The minimum atomic E-state index is -0.612. The number of amides is 3. The number of hydrogen-bond donors (Lipinski definition) is 3. The largest absolute Gasteiger partial charge is 0.368 e. The van der Waals surface area contributed by atoms with Crippen molar-refractivity contribution in [2.45, 2.75) is 12.5 Å². The summed E-state index contributed by atoms with van der Waals surface area (Å²) in [5, 5.41) is 5.18. The molecule has 24 heavy (non-hydrogen) atoms. The summed E-state index contributed by atoms with van der Waals surface area (Å²) >= 11 is 0. The molecule has 0 aliphatic carbocycles. The molecule has 1 atom stereocenters. The van der Waals surface area contributed by atoms with Crippen molar-refractivity contribution in [3.8, 4) is 0 Å². The number of carbonyl (C=O) groups is 3. The van der Waals surface area contributed by atoms with E-state index in [4.69, 9.17) is 5.73 Å². The minimum absolute atomic E-state index is 0.00170. The zero-order chi connectivity index (χ0) is 17.4. The highest BCUT2D eigenvalue weighted by Gasteiger charge is 2.30. The molecule has 0 radical (unpaired) electrons. The number of nitrogens with zero attached hydrogens (tertiary/aromatic N) is 1. The Bertz CT molecular complexity index is 616. The predicted molar refractivity (Wildman–Crippen MR) is 90.7 cm³/mol. The Labute approximate surface area is 140 Å². The maximum atomic E-state index is 12.1. The molecule has 1 aliphatic heterocycles. The van der Waals surface area contributed by atoms with Gasteiger partial charge >= 0.3 is 0 Å². The van der Waals surface area contributed by atoms with E-state index in [2.05, 4.69) is 10.6 Å². The van der Waals surface area contributed by atoms with Gasteiger partial charge in [0.25, 0.3) is 0 Å². The molecule has 0 aromatic heterocycles. The molecule has 0 spiro atoms. The molecule has 0 bridgehead atoms. The Hall–Kier alpha value is -2.67. The molecule has 4 N–H and O–H groups in total. The second-order valence-electron chi connectivity index (χ2n) is 5.56. The summed E-state index contributed by atoms with van der Waals surface area (Å²) in [4.78, 5) is 36.6. The maximum absolute atomic E-state index is 12.1. The van der Waals surface area contributed by atoms with E-state index < -0.39 is 11.9 Å². The van der Waals surface area contributed by atoms with Gasteiger partial charge in [0.05, 0.1) is 19.0 Å². The molecule has 1 aromatic carbocycles. The summed E-state index contributed by atoms with van der Waals surface area (Å²) in [5.74, 6) is -1.16. The van der Waals surface area contributed by atoms with Gasteiger partial charge < -0.3 is 16.4 Å². The quantitative estimate of drug-likeness (QED) is 0.626. The molecule has 3 amide bonds. The van der Waals surface area contributed by atoms with Crippen molar-refractivity contribution in [3.63, 3.8) is 0 Å². The monoisotopic (exact) mass is 330 g/mol. The van der Waals surface area contributed by atoms with Gasteiger partial charge in [-0.25, -0.2) is 0 Å². The van der Waals surface area contributed by atoms with Crippen LogP contribution in [0.2, 0.25) is 0 Å². The smallest absolute Gasteiger partial charge is 0.237 e. The fourth-order valence-corrected chi connectivity index (χ4v) is 2.52. The highest BCUT2D eigenvalue weighted by Crippen LogP contribution is 2.10. The van der Waals surface area contributed by atoms with E-state index in [9.17, 15) is 14.4 Å². The number of nitrogens with one attached hydrogen (secondary N) is 2. The molecule has 2 rings (SSSR count). The van der Waals surface area contributed by atoms with Gasteiger partial charge in [-0.05, 0) is 5.56 Å². The molecule has 1 fully saturated rings. The molecule has 7 heteroatoms. The van der Waals surface area contributed by atoms with Gasteiger partial charge in [0, 0.05) is 19.6 Å². The van der Waals surface area contributed by atoms with E-state index in [1.165, 1.54) is 0 Å². The van der Waals surface area contributed by atoms with Crippen LogP contribution >= 0.6 is 0 Å². The van der Waals surface area contributed by atoms with Crippen LogP contribution in [0.1, 0.15) is 12.0 Å². The van der Waals surface area contributed by atoms with Gasteiger partial charge in [0.2, 0.25) is 17.7 Å². The van der Waals surface area contributed by atoms with Crippen molar-refractivity contribution >= 4 is 23.8 Å². The van der Waals surface area contributed by atoms with E-state index in [-0.39, 0.29) is 24.8 Å². The van der Waals surface area contributed by atoms with Crippen LogP contribution in [0.3, 0.4) is 0 Å². The van der Waals surface area contributed by atoms with Crippen molar-refractivity contribution in [2.75, 3.05) is 26.2 Å². The van der Waals surface area contributed by atoms with E-state index in [1.807, 2.05) is 47.4 Å². The number of nitrogens with two attached hydrogens (primary N) is 1. The van der Waals surface area contributed by atoms with Crippen molar-refractivity contribution in [2.24, 2.45) is 5.73 Å². The maximum Gasteiger partial charge on any atom is 0.237 e. The van der Waals surface area contributed by atoms with Crippen LogP contribution in [-0.4, -0.2) is 54.8 Å². The Balaban J connectivity index is 1.93. The minimum Gasteiger partial charge on any atom is -0.368 e. The Morgan fingerprint density at radius 3 is 2.79 bits per heavy atom. The molecular formula is C17H22N4O3. The predicted octanol–water partition coefficient (Wildman–Crippen LogP) is -0.508. The lowest BCUT2D eigenvalue weighted by molar-refractivity contribution is -0.133. The highest BCUT2D eigenvalue weighted by molar-refractivity contribution is 5.90. The van der Waals surface area contributed by atoms with Crippen molar-refractivity contribution in [1.29, 1.82) is 0 Å². The molecule has 1 aromatic rings. The molecule has 1 saturated heterocycles. The summed E-state index contributed by atoms with van der Waals surface area (Å²) in [6, 6.07) is 9.31. The number of piperazine rings is 1. The van der Waals surface area contributed by atoms with Gasteiger partial charge in [-0.1, -0.05) is 42.5 Å². The van der Waals surface area contributed by atoms with Crippen LogP contribution in [0.15, 0.2) is 36.4 Å². The Morgan fingerprint density at radius 1 is 1.33 bits per heavy atom. The lowest BCUT2D eigenvalue weighted by Crippen LogP contribution is -2.56. The first-order chi connectivity index (χ1) is 11.6. The third-order valence-electron chi connectivity index (χ3n) is 3.73. The first kappa shape index (κ1) is 17.7. The van der Waals surface area contributed by atoms with E-state index in [0.717, 1.165) is 5.56 Å². The van der Waals surface area contributed by atoms with Gasteiger partial charge in [-0.2, -0.15) is 0 Å². The van der Waals surface area contributed by atoms with E-state index in [1.54, 1.807) is 0 Å². The highest BCUT2D eigenvalue weighted by atomic mass is 16.2. The summed E-state index contributed by atoms with van der Waals surface area (Å²) < 4.78 is 0. The molecular weight excluding hydrogens is 308 g/mol. The lowest BCUT2D eigenvalue weighted by Gasteiger charge is -2.33. The number of benzene rings is 1. The second-order valence-corrected chi connectivity index (χ2v) is 5.56. The average Bonchev–Trinajstić information content (AvgIpc) is 2.57. The fraction of sp³-hybridized carbons (Fsp3) is 0.353. The van der Waals surface area contributed by atoms with Crippen LogP contribution in [0.4, 0.5) is 0 Å². The molecule has 128 valence electrons. The van der Waals surface area contributed by atoms with Crippen LogP contribution < -0.4 is 16.4 Å². The third kappa shape index (κ3) is 5.51. The second kappa shape index (κ2) is 8.83. The number of primary amides is 1. The topological polar surface area (TPSA) is 105 Å². The van der Waals surface area contributed by atoms with Gasteiger partial charge in [0.1, 0.15) is 0 Å².